The van der Waals surface area contributed by atoms with Gasteiger partial charge in [0.2, 0.25) is 0 Å². The normalized spacial score (nSPS) is 11.8. The van der Waals surface area contributed by atoms with Crippen molar-refractivity contribution >= 4 is 17.7 Å². The molecule has 0 radical (unpaired) electrons. The number of rotatable bonds is 3. The van der Waals surface area contributed by atoms with E-state index < -0.39 is 22.8 Å². The fourth-order valence-electron chi connectivity index (χ4n) is 1.40. The first-order chi connectivity index (χ1) is 10.3. The molecule has 1 aromatic carbocycles. The van der Waals surface area contributed by atoms with E-state index in [-0.39, 0.29) is 17.3 Å². The Bertz CT molecular complexity index is 630. The summed E-state index contributed by atoms with van der Waals surface area (Å²) in [7, 11) is 0. The third kappa shape index (κ3) is 5.20. The molecule has 1 rings (SSSR count). The van der Waals surface area contributed by atoms with E-state index >= 15 is 0 Å². The van der Waals surface area contributed by atoms with Gasteiger partial charge in [-0.25, -0.2) is 0 Å². The van der Waals surface area contributed by atoms with E-state index in [1.165, 1.54) is 25.1 Å². The lowest BCUT2D eigenvalue weighted by Crippen LogP contribution is -2.28. The summed E-state index contributed by atoms with van der Waals surface area (Å²) in [5.41, 5.74) is -1.06. The quantitative estimate of drug-likeness (QED) is 0.481. The van der Waals surface area contributed by atoms with Gasteiger partial charge in [0.25, 0.3) is 0 Å². The Hall–Kier alpha value is -2.17. The van der Waals surface area contributed by atoms with Crippen molar-refractivity contribution in [2.45, 2.75) is 48.5 Å². The van der Waals surface area contributed by atoms with Crippen LogP contribution >= 0.6 is 0 Å². The SMILES string of the molecule is CC(=O)c1ccc(OC(=O)C(C)(C)C)c(OC(=O)C(C)(C)C)c1. The van der Waals surface area contributed by atoms with Crippen molar-refractivity contribution in [3.8, 4) is 11.5 Å². The standard InChI is InChI=1S/C18H24O5/c1-11(19)12-8-9-13(22-15(20)17(2,3)4)14(10-12)23-16(21)18(5,6)7/h8-10H,1-7H3. The van der Waals surface area contributed by atoms with Crippen molar-refractivity contribution in [1.82, 2.24) is 0 Å². The minimum atomic E-state index is -0.725. The minimum absolute atomic E-state index is 0.0650. The lowest BCUT2D eigenvalue weighted by molar-refractivity contribution is -0.145. The summed E-state index contributed by atoms with van der Waals surface area (Å²) in [6, 6.07) is 4.41. The highest BCUT2D eigenvalue weighted by Gasteiger charge is 2.28. The average molecular weight is 320 g/mol. The number of ketones is 1. The molecule has 5 nitrogen and oxygen atoms in total. The zero-order valence-electron chi connectivity index (χ0n) is 14.8. The van der Waals surface area contributed by atoms with Crippen LogP contribution in [0, 0.1) is 10.8 Å². The molecule has 0 atom stereocenters. The lowest BCUT2D eigenvalue weighted by Gasteiger charge is -2.20. The molecule has 0 unspecified atom stereocenters. The largest absolute Gasteiger partial charge is 0.422 e. The van der Waals surface area contributed by atoms with Gasteiger partial charge in [0, 0.05) is 5.56 Å². The number of Topliss-reactive ketones (excluding diaryl/α,β-unsaturated/α-hetero) is 1. The Morgan fingerprint density at radius 2 is 1.22 bits per heavy atom. The molecule has 23 heavy (non-hydrogen) atoms. The third-order valence-electron chi connectivity index (χ3n) is 2.98. The minimum Gasteiger partial charge on any atom is -0.422 e. The van der Waals surface area contributed by atoms with Crippen molar-refractivity contribution in [3.05, 3.63) is 23.8 Å². The lowest BCUT2D eigenvalue weighted by atomic mass is 9.97. The summed E-state index contributed by atoms with van der Waals surface area (Å²) in [4.78, 5) is 35.7. The molecule has 0 aliphatic rings. The highest BCUT2D eigenvalue weighted by Crippen LogP contribution is 2.32. The summed E-state index contributed by atoms with van der Waals surface area (Å²) < 4.78 is 10.7. The van der Waals surface area contributed by atoms with Gasteiger partial charge in [0.1, 0.15) is 0 Å². The number of ether oxygens (including phenoxy) is 2. The molecular weight excluding hydrogens is 296 g/mol. The van der Waals surface area contributed by atoms with Gasteiger partial charge in [0.05, 0.1) is 10.8 Å². The van der Waals surface area contributed by atoms with Crippen LogP contribution in [0.15, 0.2) is 18.2 Å². The van der Waals surface area contributed by atoms with Crippen molar-refractivity contribution < 1.29 is 23.9 Å². The summed E-state index contributed by atoms with van der Waals surface area (Å²) in [6.45, 7) is 11.7. The van der Waals surface area contributed by atoms with Crippen molar-refractivity contribution in [2.24, 2.45) is 10.8 Å². The number of carbonyl (C=O) groups is 3. The van der Waals surface area contributed by atoms with Gasteiger partial charge in [-0.3, -0.25) is 14.4 Å². The van der Waals surface area contributed by atoms with Gasteiger partial charge in [-0.1, -0.05) is 0 Å². The van der Waals surface area contributed by atoms with Crippen molar-refractivity contribution in [1.29, 1.82) is 0 Å². The second-order valence-electron chi connectivity index (χ2n) is 7.50. The maximum Gasteiger partial charge on any atom is 0.316 e. The molecule has 0 saturated heterocycles. The molecule has 1 aromatic rings. The van der Waals surface area contributed by atoms with Crippen LogP contribution in [-0.4, -0.2) is 17.7 Å². The Morgan fingerprint density at radius 3 is 1.61 bits per heavy atom. The van der Waals surface area contributed by atoms with Crippen LogP contribution in [0.3, 0.4) is 0 Å². The molecule has 0 aliphatic heterocycles. The Morgan fingerprint density at radius 1 is 0.783 bits per heavy atom. The van der Waals surface area contributed by atoms with Crippen LogP contribution in [-0.2, 0) is 9.59 Å². The molecule has 0 heterocycles. The maximum atomic E-state index is 12.1. The second kappa shape index (κ2) is 6.52. The van der Waals surface area contributed by atoms with Gasteiger partial charge in [-0.05, 0) is 66.7 Å². The zero-order chi connectivity index (χ0) is 18.0. The smallest absolute Gasteiger partial charge is 0.316 e. The molecule has 0 amide bonds. The highest BCUT2D eigenvalue weighted by molar-refractivity contribution is 5.95. The first-order valence-corrected chi connectivity index (χ1v) is 7.42. The summed E-state index contributed by atoms with van der Waals surface area (Å²) in [6.07, 6.45) is 0. The molecule has 0 aliphatic carbocycles. The van der Waals surface area contributed by atoms with E-state index in [9.17, 15) is 14.4 Å². The molecular formula is C18H24O5. The van der Waals surface area contributed by atoms with E-state index in [0.29, 0.717) is 5.56 Å². The Kier molecular flexibility index (Phi) is 5.35. The topological polar surface area (TPSA) is 69.7 Å². The summed E-state index contributed by atoms with van der Waals surface area (Å²) in [5.74, 6) is -0.929. The Labute approximate surface area is 137 Å². The van der Waals surface area contributed by atoms with Crippen LogP contribution in [0.4, 0.5) is 0 Å². The molecule has 0 bridgehead atoms. The summed E-state index contributed by atoms with van der Waals surface area (Å²) >= 11 is 0. The van der Waals surface area contributed by atoms with Gasteiger partial charge >= 0.3 is 11.9 Å². The van der Waals surface area contributed by atoms with E-state index in [1.807, 2.05) is 0 Å². The van der Waals surface area contributed by atoms with Crippen LogP contribution in [0.1, 0.15) is 58.8 Å². The first kappa shape index (κ1) is 18.9. The zero-order valence-corrected chi connectivity index (χ0v) is 14.8. The van der Waals surface area contributed by atoms with Crippen LogP contribution in [0.25, 0.3) is 0 Å². The Balaban J connectivity index is 3.22. The molecule has 0 N–H and O–H groups in total. The van der Waals surface area contributed by atoms with E-state index in [1.54, 1.807) is 41.5 Å². The molecule has 126 valence electrons. The number of hydrogen-bond acceptors (Lipinski definition) is 5. The predicted molar refractivity (Wildman–Crippen MR) is 86.6 cm³/mol. The second-order valence-corrected chi connectivity index (χ2v) is 7.50. The van der Waals surface area contributed by atoms with E-state index in [2.05, 4.69) is 0 Å². The van der Waals surface area contributed by atoms with E-state index in [4.69, 9.17) is 9.47 Å². The molecule has 0 fully saturated rings. The predicted octanol–water partition coefficient (Wildman–Crippen LogP) is 3.79. The van der Waals surface area contributed by atoms with Crippen molar-refractivity contribution in [2.75, 3.05) is 0 Å². The van der Waals surface area contributed by atoms with Crippen LogP contribution < -0.4 is 9.47 Å². The number of esters is 2. The average Bonchev–Trinajstić information content (AvgIpc) is 2.37. The fourth-order valence-corrected chi connectivity index (χ4v) is 1.40. The third-order valence-corrected chi connectivity index (χ3v) is 2.98. The number of hydrogen-bond donors (Lipinski definition) is 0. The fraction of sp³-hybridized carbons (Fsp3) is 0.500. The monoisotopic (exact) mass is 320 g/mol. The van der Waals surface area contributed by atoms with Gasteiger partial charge in [-0.2, -0.15) is 0 Å². The molecule has 0 saturated carbocycles. The maximum absolute atomic E-state index is 12.1. The molecule has 0 spiro atoms. The van der Waals surface area contributed by atoms with Gasteiger partial charge in [0.15, 0.2) is 17.3 Å². The molecule has 0 aromatic heterocycles. The number of benzene rings is 1. The summed E-state index contributed by atoms with van der Waals surface area (Å²) in [5, 5.41) is 0. The number of carbonyl (C=O) groups excluding carboxylic acids is 3. The van der Waals surface area contributed by atoms with Crippen LogP contribution in [0.5, 0.6) is 11.5 Å². The van der Waals surface area contributed by atoms with E-state index in [0.717, 1.165) is 0 Å². The van der Waals surface area contributed by atoms with Gasteiger partial charge < -0.3 is 9.47 Å². The van der Waals surface area contributed by atoms with Crippen molar-refractivity contribution in [3.63, 3.8) is 0 Å². The van der Waals surface area contributed by atoms with Crippen LogP contribution in [0.2, 0.25) is 0 Å². The first-order valence-electron chi connectivity index (χ1n) is 7.42. The molecule has 5 heteroatoms. The van der Waals surface area contributed by atoms with Gasteiger partial charge in [-0.15, -0.1) is 0 Å². The highest BCUT2D eigenvalue weighted by atomic mass is 16.6.